The largest absolute Gasteiger partial charge is 0.349 e. The van der Waals surface area contributed by atoms with Crippen molar-refractivity contribution in [3.05, 3.63) is 0 Å². The van der Waals surface area contributed by atoms with Crippen LogP contribution < -0.4 is 0 Å². The first kappa shape index (κ1) is 9.47. The molecule has 0 spiro atoms. The molecule has 0 saturated heterocycles. The van der Waals surface area contributed by atoms with Gasteiger partial charge in [-0.25, -0.2) is 0 Å². The van der Waals surface area contributed by atoms with Crippen LogP contribution in [0.15, 0.2) is 0 Å². The van der Waals surface area contributed by atoms with Crippen LogP contribution in [-0.4, -0.2) is 24.9 Å². The summed E-state index contributed by atoms with van der Waals surface area (Å²) in [5.41, 5.74) is 0. The highest BCUT2D eigenvalue weighted by Crippen LogP contribution is 2.10. The van der Waals surface area contributed by atoms with E-state index < -0.39 is 0 Å². The van der Waals surface area contributed by atoms with E-state index in [0.29, 0.717) is 5.92 Å². The highest BCUT2D eigenvalue weighted by atomic mass is 16.2. The van der Waals surface area contributed by atoms with Crippen LogP contribution in [0.3, 0.4) is 0 Å². The molecular formula is C8H17NO. The van der Waals surface area contributed by atoms with Crippen LogP contribution >= 0.6 is 0 Å². The molecule has 0 aromatic rings. The van der Waals surface area contributed by atoms with E-state index in [4.69, 9.17) is 0 Å². The zero-order valence-corrected chi connectivity index (χ0v) is 7.51. The van der Waals surface area contributed by atoms with Crippen molar-refractivity contribution < 1.29 is 4.79 Å². The average Bonchev–Trinajstić information content (AvgIpc) is 1.84. The predicted molar refractivity (Wildman–Crippen MR) is 42.7 cm³/mol. The molecule has 60 valence electrons. The maximum Gasteiger partial charge on any atom is 0.225 e. The molecule has 0 bridgehead atoms. The third-order valence-electron chi connectivity index (χ3n) is 1.83. The molecule has 0 N–H and O–H groups in total. The number of hydrogen-bond donors (Lipinski definition) is 0. The minimum atomic E-state index is 0.148. The molecule has 2 heteroatoms. The monoisotopic (exact) mass is 143 g/mol. The van der Waals surface area contributed by atoms with Crippen molar-refractivity contribution in [2.24, 2.45) is 11.8 Å². The van der Waals surface area contributed by atoms with Crippen LogP contribution in [-0.2, 0) is 4.79 Å². The molecule has 1 amide bonds. The van der Waals surface area contributed by atoms with E-state index in [1.807, 2.05) is 6.92 Å². The van der Waals surface area contributed by atoms with Gasteiger partial charge in [0.25, 0.3) is 0 Å². The second-order valence-electron chi connectivity index (χ2n) is 3.27. The molecule has 0 aromatic heterocycles. The van der Waals surface area contributed by atoms with Crippen molar-refractivity contribution in [3.63, 3.8) is 0 Å². The molecule has 0 aliphatic carbocycles. The number of nitrogens with zero attached hydrogens (tertiary/aromatic N) is 1. The summed E-state index contributed by atoms with van der Waals surface area (Å²) >= 11 is 0. The van der Waals surface area contributed by atoms with Crippen molar-refractivity contribution in [1.29, 1.82) is 0 Å². The minimum absolute atomic E-state index is 0.148. The van der Waals surface area contributed by atoms with Crippen LogP contribution in [0.1, 0.15) is 20.8 Å². The van der Waals surface area contributed by atoms with E-state index in [-0.39, 0.29) is 11.8 Å². The Labute approximate surface area is 63.2 Å². The molecule has 0 fully saturated rings. The molecule has 0 aromatic carbocycles. The van der Waals surface area contributed by atoms with E-state index >= 15 is 0 Å². The fourth-order valence-electron chi connectivity index (χ4n) is 0.692. The number of carbonyl (C=O) groups is 1. The first-order valence-electron chi connectivity index (χ1n) is 3.68. The molecule has 0 rings (SSSR count). The minimum Gasteiger partial charge on any atom is -0.349 e. The van der Waals surface area contributed by atoms with Gasteiger partial charge in [-0.05, 0) is 5.92 Å². The molecule has 2 nitrogen and oxygen atoms in total. The molecule has 0 aliphatic heterocycles. The fraction of sp³-hybridized carbons (Fsp3) is 0.875. The summed E-state index contributed by atoms with van der Waals surface area (Å²) < 4.78 is 0. The van der Waals surface area contributed by atoms with Crippen molar-refractivity contribution in [2.45, 2.75) is 20.8 Å². The highest BCUT2D eigenvalue weighted by molar-refractivity contribution is 5.78. The van der Waals surface area contributed by atoms with Gasteiger partial charge in [-0.3, -0.25) is 4.79 Å². The zero-order chi connectivity index (χ0) is 8.31. The van der Waals surface area contributed by atoms with Gasteiger partial charge in [0.1, 0.15) is 0 Å². The quantitative estimate of drug-likeness (QED) is 0.571. The van der Waals surface area contributed by atoms with Crippen LogP contribution in [0, 0.1) is 11.8 Å². The summed E-state index contributed by atoms with van der Waals surface area (Å²) in [4.78, 5) is 12.9. The lowest BCUT2D eigenvalue weighted by molar-refractivity contribution is -0.133. The number of carbonyl (C=O) groups excluding carboxylic acids is 1. The Bertz CT molecular complexity index is 118. The lowest BCUT2D eigenvalue weighted by Gasteiger charge is -2.19. The second kappa shape index (κ2) is 3.59. The summed E-state index contributed by atoms with van der Waals surface area (Å²) in [6.45, 7) is 6.09. The predicted octanol–water partition coefficient (Wildman–Crippen LogP) is 1.37. The molecule has 0 saturated carbocycles. The maximum absolute atomic E-state index is 11.2. The first-order valence-corrected chi connectivity index (χ1v) is 3.68. The lowest BCUT2D eigenvalue weighted by Crippen LogP contribution is -2.30. The smallest absolute Gasteiger partial charge is 0.225 e. The van der Waals surface area contributed by atoms with Gasteiger partial charge in [0.2, 0.25) is 5.91 Å². The van der Waals surface area contributed by atoms with Crippen LogP contribution in [0.2, 0.25) is 0 Å². The molecular weight excluding hydrogens is 126 g/mol. The van der Waals surface area contributed by atoms with E-state index in [1.165, 1.54) is 0 Å². The normalized spacial score (nSPS) is 13.4. The summed E-state index contributed by atoms with van der Waals surface area (Å²) in [6, 6.07) is 0. The van der Waals surface area contributed by atoms with E-state index in [2.05, 4.69) is 13.8 Å². The molecule has 0 aliphatic rings. The van der Waals surface area contributed by atoms with Gasteiger partial charge in [0.05, 0.1) is 0 Å². The van der Waals surface area contributed by atoms with E-state index in [9.17, 15) is 4.79 Å². The Morgan fingerprint density at radius 1 is 1.20 bits per heavy atom. The topological polar surface area (TPSA) is 20.3 Å². The van der Waals surface area contributed by atoms with Gasteiger partial charge in [0.15, 0.2) is 0 Å². The van der Waals surface area contributed by atoms with Gasteiger partial charge < -0.3 is 4.90 Å². The Balaban J connectivity index is 3.95. The third kappa shape index (κ3) is 2.38. The van der Waals surface area contributed by atoms with Gasteiger partial charge in [-0.15, -0.1) is 0 Å². The van der Waals surface area contributed by atoms with Gasteiger partial charge in [-0.1, -0.05) is 20.8 Å². The Hall–Kier alpha value is -0.530. The van der Waals surface area contributed by atoms with Gasteiger partial charge in [-0.2, -0.15) is 0 Å². The molecule has 0 unspecified atom stereocenters. The second-order valence-corrected chi connectivity index (χ2v) is 3.27. The van der Waals surface area contributed by atoms with Gasteiger partial charge in [0, 0.05) is 20.0 Å². The SMILES string of the molecule is CC(C)[C@H](C)C(=O)N(C)C. The first-order chi connectivity index (χ1) is 4.46. The van der Waals surface area contributed by atoms with E-state index in [0.717, 1.165) is 0 Å². The van der Waals surface area contributed by atoms with Gasteiger partial charge >= 0.3 is 0 Å². The Morgan fingerprint density at radius 3 is 1.70 bits per heavy atom. The molecule has 1 atom stereocenters. The lowest BCUT2D eigenvalue weighted by atomic mass is 9.97. The standard InChI is InChI=1S/C8H17NO/c1-6(2)7(3)8(10)9(4)5/h6-7H,1-5H3/t7-/m0/s1. The Kier molecular flexibility index (Phi) is 3.40. The van der Waals surface area contributed by atoms with Crippen molar-refractivity contribution in [3.8, 4) is 0 Å². The number of amides is 1. The fourth-order valence-corrected chi connectivity index (χ4v) is 0.692. The summed E-state index contributed by atoms with van der Waals surface area (Å²) in [5, 5.41) is 0. The van der Waals surface area contributed by atoms with Crippen molar-refractivity contribution in [2.75, 3.05) is 14.1 Å². The highest BCUT2D eigenvalue weighted by Gasteiger charge is 2.17. The number of rotatable bonds is 2. The molecule has 0 heterocycles. The Morgan fingerprint density at radius 2 is 1.60 bits per heavy atom. The summed E-state index contributed by atoms with van der Waals surface area (Å²) in [5.74, 6) is 0.805. The molecule has 0 radical (unpaired) electrons. The molecule has 10 heavy (non-hydrogen) atoms. The summed E-state index contributed by atoms with van der Waals surface area (Å²) in [7, 11) is 3.59. The third-order valence-corrected chi connectivity index (χ3v) is 1.83. The number of hydrogen-bond acceptors (Lipinski definition) is 1. The van der Waals surface area contributed by atoms with Crippen LogP contribution in [0.25, 0.3) is 0 Å². The average molecular weight is 143 g/mol. The van der Waals surface area contributed by atoms with Crippen molar-refractivity contribution >= 4 is 5.91 Å². The van der Waals surface area contributed by atoms with Crippen LogP contribution in [0.5, 0.6) is 0 Å². The van der Waals surface area contributed by atoms with Crippen molar-refractivity contribution in [1.82, 2.24) is 4.90 Å². The van der Waals surface area contributed by atoms with Crippen LogP contribution in [0.4, 0.5) is 0 Å². The summed E-state index contributed by atoms with van der Waals surface area (Å²) in [6.07, 6.45) is 0. The van der Waals surface area contributed by atoms with E-state index in [1.54, 1.807) is 19.0 Å². The maximum atomic E-state index is 11.2. The zero-order valence-electron chi connectivity index (χ0n) is 7.51.